The standard InChI is InChI=1S/C18H26BrFN4O.HI/c1-21-18(23-11-3-5-17(25)24-15-8-9-15)22-10-2-4-13-6-7-14(19)12-16(13)20;/h6-7,12,15H,2-5,8-11H2,1H3,(H,24,25)(H2,21,22,23);1H. The number of hydrogen-bond acceptors (Lipinski definition) is 2. The Morgan fingerprint density at radius 1 is 1.27 bits per heavy atom. The van der Waals surface area contributed by atoms with Gasteiger partial charge < -0.3 is 16.0 Å². The maximum Gasteiger partial charge on any atom is 0.220 e. The molecule has 1 fully saturated rings. The molecule has 0 aromatic heterocycles. The second kappa shape index (κ2) is 12.5. The molecule has 5 nitrogen and oxygen atoms in total. The highest BCUT2D eigenvalue weighted by molar-refractivity contribution is 14.0. The number of hydrogen-bond donors (Lipinski definition) is 3. The van der Waals surface area contributed by atoms with E-state index in [9.17, 15) is 9.18 Å². The predicted molar refractivity (Wildman–Crippen MR) is 118 cm³/mol. The third-order valence-electron chi connectivity index (χ3n) is 3.97. The minimum absolute atomic E-state index is 0. The molecule has 8 heteroatoms. The van der Waals surface area contributed by atoms with Crippen LogP contribution in [0.25, 0.3) is 0 Å². The summed E-state index contributed by atoms with van der Waals surface area (Å²) in [6.07, 6.45) is 5.01. The molecule has 1 amide bonds. The summed E-state index contributed by atoms with van der Waals surface area (Å²) in [5.74, 6) is 0.656. The number of amides is 1. The van der Waals surface area contributed by atoms with Gasteiger partial charge in [-0.2, -0.15) is 0 Å². The van der Waals surface area contributed by atoms with Crippen molar-refractivity contribution in [3.05, 3.63) is 34.1 Å². The Morgan fingerprint density at radius 3 is 2.58 bits per heavy atom. The van der Waals surface area contributed by atoms with Crippen LogP contribution in [0.1, 0.15) is 37.7 Å². The zero-order chi connectivity index (χ0) is 18.1. The summed E-state index contributed by atoms with van der Waals surface area (Å²) < 4.78 is 14.5. The Kier molecular flexibility index (Phi) is 11.1. The number of carbonyl (C=O) groups excluding carboxylic acids is 1. The molecule has 0 aliphatic heterocycles. The summed E-state index contributed by atoms with van der Waals surface area (Å²) in [6.45, 7) is 1.40. The number of aryl methyl sites for hydroxylation is 1. The first-order valence-electron chi connectivity index (χ1n) is 8.76. The predicted octanol–water partition coefficient (Wildman–Crippen LogP) is 3.36. The lowest BCUT2D eigenvalue weighted by Gasteiger charge is -2.12. The van der Waals surface area contributed by atoms with Crippen LogP contribution in [0.3, 0.4) is 0 Å². The van der Waals surface area contributed by atoms with E-state index >= 15 is 0 Å². The molecule has 1 aliphatic carbocycles. The van der Waals surface area contributed by atoms with E-state index in [-0.39, 0.29) is 35.7 Å². The number of nitrogens with one attached hydrogen (secondary N) is 3. The Bertz CT molecular complexity index is 611. The van der Waals surface area contributed by atoms with Gasteiger partial charge in [0.15, 0.2) is 5.96 Å². The quantitative estimate of drug-likeness (QED) is 0.195. The van der Waals surface area contributed by atoms with Crippen molar-refractivity contribution < 1.29 is 9.18 Å². The Morgan fingerprint density at radius 2 is 1.96 bits per heavy atom. The van der Waals surface area contributed by atoms with E-state index in [2.05, 4.69) is 36.9 Å². The number of rotatable bonds is 9. The second-order valence-electron chi connectivity index (χ2n) is 6.21. The summed E-state index contributed by atoms with van der Waals surface area (Å²) in [4.78, 5) is 15.7. The van der Waals surface area contributed by atoms with E-state index in [1.807, 2.05) is 6.07 Å². The maximum atomic E-state index is 13.7. The SMILES string of the molecule is CN=C(NCCCC(=O)NC1CC1)NCCCc1ccc(Br)cc1F.I. The van der Waals surface area contributed by atoms with E-state index in [0.29, 0.717) is 37.9 Å². The molecule has 0 heterocycles. The smallest absolute Gasteiger partial charge is 0.220 e. The highest BCUT2D eigenvalue weighted by Crippen LogP contribution is 2.18. The minimum atomic E-state index is -0.179. The molecule has 0 unspecified atom stereocenters. The molecule has 1 aromatic carbocycles. The molecule has 1 saturated carbocycles. The number of aliphatic imine (C=N–C) groups is 1. The van der Waals surface area contributed by atoms with Crippen LogP contribution in [-0.2, 0) is 11.2 Å². The van der Waals surface area contributed by atoms with Gasteiger partial charge in [0.1, 0.15) is 5.82 Å². The van der Waals surface area contributed by atoms with Gasteiger partial charge in [0.2, 0.25) is 5.91 Å². The molecule has 26 heavy (non-hydrogen) atoms. The van der Waals surface area contributed by atoms with Crippen molar-refractivity contribution in [2.24, 2.45) is 4.99 Å². The zero-order valence-electron chi connectivity index (χ0n) is 15.0. The van der Waals surface area contributed by atoms with Gasteiger partial charge in [-0.3, -0.25) is 9.79 Å². The van der Waals surface area contributed by atoms with Crippen molar-refractivity contribution in [2.45, 2.75) is 44.6 Å². The van der Waals surface area contributed by atoms with E-state index in [4.69, 9.17) is 0 Å². The monoisotopic (exact) mass is 540 g/mol. The summed E-state index contributed by atoms with van der Waals surface area (Å²) in [7, 11) is 1.71. The van der Waals surface area contributed by atoms with Crippen LogP contribution in [0.15, 0.2) is 27.7 Å². The van der Waals surface area contributed by atoms with E-state index in [1.54, 1.807) is 13.1 Å². The first kappa shape index (κ1) is 23.1. The minimum Gasteiger partial charge on any atom is -0.356 e. The molecular weight excluding hydrogens is 514 g/mol. The van der Waals surface area contributed by atoms with Crippen LogP contribution in [0.2, 0.25) is 0 Å². The number of benzene rings is 1. The highest BCUT2D eigenvalue weighted by Gasteiger charge is 2.22. The van der Waals surface area contributed by atoms with E-state index in [0.717, 1.165) is 35.7 Å². The average Bonchev–Trinajstić information content (AvgIpc) is 3.39. The van der Waals surface area contributed by atoms with Gasteiger partial charge in [-0.1, -0.05) is 22.0 Å². The van der Waals surface area contributed by atoms with Gasteiger partial charge >= 0.3 is 0 Å². The number of carbonyl (C=O) groups is 1. The molecule has 1 aliphatic rings. The highest BCUT2D eigenvalue weighted by atomic mass is 127. The van der Waals surface area contributed by atoms with Crippen molar-refractivity contribution in [1.29, 1.82) is 0 Å². The molecule has 146 valence electrons. The van der Waals surface area contributed by atoms with Gasteiger partial charge in [-0.25, -0.2) is 4.39 Å². The van der Waals surface area contributed by atoms with Crippen molar-refractivity contribution in [3.8, 4) is 0 Å². The van der Waals surface area contributed by atoms with Crippen LogP contribution >= 0.6 is 39.9 Å². The fourth-order valence-corrected chi connectivity index (χ4v) is 2.75. The van der Waals surface area contributed by atoms with Crippen LogP contribution in [0, 0.1) is 5.82 Å². The lowest BCUT2D eigenvalue weighted by molar-refractivity contribution is -0.121. The van der Waals surface area contributed by atoms with E-state index < -0.39 is 0 Å². The van der Waals surface area contributed by atoms with Gasteiger partial charge in [0.05, 0.1) is 0 Å². The fraction of sp³-hybridized carbons (Fsp3) is 0.556. The van der Waals surface area contributed by atoms with Crippen LogP contribution in [-0.4, -0.2) is 38.0 Å². The molecule has 0 spiro atoms. The molecule has 0 radical (unpaired) electrons. The summed E-state index contributed by atoms with van der Waals surface area (Å²) >= 11 is 3.26. The largest absolute Gasteiger partial charge is 0.356 e. The zero-order valence-corrected chi connectivity index (χ0v) is 18.9. The molecule has 1 aromatic rings. The van der Waals surface area contributed by atoms with Gasteiger partial charge in [0.25, 0.3) is 0 Å². The molecule has 0 bridgehead atoms. The maximum absolute atomic E-state index is 13.7. The lowest BCUT2D eigenvalue weighted by atomic mass is 10.1. The Balaban J connectivity index is 0.00000338. The molecule has 0 saturated heterocycles. The van der Waals surface area contributed by atoms with Crippen molar-refractivity contribution >= 4 is 51.8 Å². The van der Waals surface area contributed by atoms with Crippen molar-refractivity contribution in [3.63, 3.8) is 0 Å². The van der Waals surface area contributed by atoms with Gasteiger partial charge in [-0.15, -0.1) is 24.0 Å². The third kappa shape index (κ3) is 9.16. The Hall–Kier alpha value is -0.900. The second-order valence-corrected chi connectivity index (χ2v) is 7.13. The molecule has 3 N–H and O–H groups in total. The fourth-order valence-electron chi connectivity index (χ4n) is 2.41. The summed E-state index contributed by atoms with van der Waals surface area (Å²) in [5, 5.41) is 9.37. The Labute approximate surface area is 180 Å². The van der Waals surface area contributed by atoms with Crippen LogP contribution < -0.4 is 16.0 Å². The molecule has 2 rings (SSSR count). The van der Waals surface area contributed by atoms with Crippen molar-refractivity contribution in [1.82, 2.24) is 16.0 Å². The number of halogens is 3. The normalized spacial score (nSPS) is 13.7. The molecule has 0 atom stereocenters. The number of nitrogens with zero attached hydrogens (tertiary/aromatic N) is 1. The summed E-state index contributed by atoms with van der Waals surface area (Å²) in [6, 6.07) is 5.57. The van der Waals surface area contributed by atoms with Crippen LogP contribution in [0.5, 0.6) is 0 Å². The lowest BCUT2D eigenvalue weighted by Crippen LogP contribution is -2.38. The average molecular weight is 541 g/mol. The van der Waals surface area contributed by atoms with E-state index in [1.165, 1.54) is 6.07 Å². The first-order valence-corrected chi connectivity index (χ1v) is 9.55. The number of guanidine groups is 1. The first-order chi connectivity index (χ1) is 12.1. The van der Waals surface area contributed by atoms with Crippen molar-refractivity contribution in [2.75, 3.05) is 20.1 Å². The van der Waals surface area contributed by atoms with Gasteiger partial charge in [0, 0.05) is 37.1 Å². The third-order valence-corrected chi connectivity index (χ3v) is 4.46. The molecular formula is C18H27BrFIN4O. The topological polar surface area (TPSA) is 65.5 Å². The van der Waals surface area contributed by atoms with Crippen LogP contribution in [0.4, 0.5) is 4.39 Å². The summed E-state index contributed by atoms with van der Waals surface area (Å²) in [5.41, 5.74) is 0.717. The van der Waals surface area contributed by atoms with Gasteiger partial charge in [-0.05, 0) is 49.8 Å².